The van der Waals surface area contributed by atoms with E-state index in [0.717, 1.165) is 11.6 Å². The lowest BCUT2D eigenvalue weighted by molar-refractivity contribution is -0.385. The molecule has 0 unspecified atom stereocenters. The van der Waals surface area contributed by atoms with E-state index in [4.69, 9.17) is 0 Å². The number of hydrogen-bond donors (Lipinski definition) is 3. The van der Waals surface area contributed by atoms with Crippen molar-refractivity contribution >= 4 is 33.0 Å². The van der Waals surface area contributed by atoms with Crippen molar-refractivity contribution in [3.05, 3.63) is 88.0 Å². The summed E-state index contributed by atoms with van der Waals surface area (Å²) in [6, 6.07) is 15.1. The zero-order chi connectivity index (χ0) is 21.9. The summed E-state index contributed by atoms with van der Waals surface area (Å²) in [6.45, 7) is 1.80. The van der Waals surface area contributed by atoms with Crippen LogP contribution < -0.4 is 10.0 Å². The molecule has 9 nitrogen and oxygen atoms in total. The molecule has 0 spiro atoms. The highest BCUT2D eigenvalue weighted by Gasteiger charge is 2.18. The first-order valence-corrected chi connectivity index (χ1v) is 10.1. The molecule has 0 aliphatic heterocycles. The van der Waals surface area contributed by atoms with Crippen molar-refractivity contribution in [1.29, 1.82) is 0 Å². The van der Waals surface area contributed by atoms with Gasteiger partial charge in [-0.3, -0.25) is 19.6 Å². The average Bonchev–Trinajstić information content (AvgIpc) is 2.70. The monoisotopic (exact) mass is 427 g/mol. The Hall–Kier alpha value is -3.92. The van der Waals surface area contributed by atoms with Crippen molar-refractivity contribution in [2.45, 2.75) is 11.8 Å². The Balaban J connectivity index is 1.74. The summed E-state index contributed by atoms with van der Waals surface area (Å²) in [5.41, 5.74) is 1.17. The third-order valence-corrected chi connectivity index (χ3v) is 5.52. The largest absolute Gasteiger partial charge is 0.506 e. The second kappa shape index (κ2) is 8.21. The van der Waals surface area contributed by atoms with Gasteiger partial charge in [0.25, 0.3) is 21.6 Å². The number of carbonyl (C=O) groups excluding carboxylic acids is 1. The molecule has 10 heteroatoms. The highest BCUT2D eigenvalue weighted by atomic mass is 32.2. The van der Waals surface area contributed by atoms with E-state index in [1.165, 1.54) is 48.5 Å². The molecular formula is C20H17N3O6S. The number of anilines is 2. The molecule has 1 amide bonds. The van der Waals surface area contributed by atoms with Crippen molar-refractivity contribution in [2.24, 2.45) is 0 Å². The number of aryl methyl sites for hydroxylation is 1. The first-order valence-electron chi connectivity index (χ1n) is 8.64. The van der Waals surface area contributed by atoms with Crippen LogP contribution in [0.15, 0.2) is 71.6 Å². The predicted molar refractivity (Wildman–Crippen MR) is 111 cm³/mol. The molecule has 0 aliphatic carbocycles. The second-order valence-corrected chi connectivity index (χ2v) is 8.09. The van der Waals surface area contributed by atoms with E-state index in [2.05, 4.69) is 10.0 Å². The fourth-order valence-corrected chi connectivity index (χ4v) is 3.71. The van der Waals surface area contributed by atoms with Crippen molar-refractivity contribution in [3.8, 4) is 5.75 Å². The third kappa shape index (κ3) is 4.73. The van der Waals surface area contributed by atoms with Gasteiger partial charge < -0.3 is 10.4 Å². The number of benzene rings is 3. The summed E-state index contributed by atoms with van der Waals surface area (Å²) in [5, 5.41) is 23.3. The Morgan fingerprint density at radius 3 is 2.37 bits per heavy atom. The fraction of sp³-hybridized carbons (Fsp3) is 0.0500. The summed E-state index contributed by atoms with van der Waals surface area (Å²) in [7, 11) is -4.05. The Labute approximate surface area is 172 Å². The average molecular weight is 427 g/mol. The molecule has 0 aliphatic rings. The van der Waals surface area contributed by atoms with Crippen LogP contribution in [-0.4, -0.2) is 24.4 Å². The van der Waals surface area contributed by atoms with E-state index < -0.39 is 20.9 Å². The van der Waals surface area contributed by atoms with E-state index in [-0.39, 0.29) is 33.3 Å². The number of amides is 1. The number of non-ortho nitro benzene ring substituents is 1. The van der Waals surface area contributed by atoms with Gasteiger partial charge in [0.15, 0.2) is 0 Å². The summed E-state index contributed by atoms with van der Waals surface area (Å²) in [4.78, 5) is 22.3. The minimum absolute atomic E-state index is 0.0651. The standard InChI is InChI=1S/C20H17N3O6S/c1-13-5-10-18(19(24)11-13)21-20(25)14-6-8-15(9-7-14)22-30(28,29)17-4-2-3-16(12-17)23(26)27/h2-12,22,24H,1H3,(H,21,25). The molecule has 3 aromatic carbocycles. The minimum Gasteiger partial charge on any atom is -0.506 e. The minimum atomic E-state index is -4.05. The maximum Gasteiger partial charge on any atom is 0.270 e. The smallest absolute Gasteiger partial charge is 0.270 e. The van der Waals surface area contributed by atoms with Gasteiger partial charge in [-0.1, -0.05) is 12.1 Å². The molecule has 0 saturated carbocycles. The van der Waals surface area contributed by atoms with Crippen molar-refractivity contribution in [3.63, 3.8) is 0 Å². The quantitative estimate of drug-likeness (QED) is 0.312. The Kier molecular flexibility index (Phi) is 5.70. The molecule has 3 rings (SSSR count). The number of nitrogens with one attached hydrogen (secondary N) is 2. The molecule has 0 atom stereocenters. The number of nitro benzene ring substituents is 1. The van der Waals surface area contributed by atoms with Crippen molar-refractivity contribution in [1.82, 2.24) is 0 Å². The molecule has 154 valence electrons. The first kappa shape index (κ1) is 20.8. The van der Waals surface area contributed by atoms with E-state index in [1.807, 2.05) is 0 Å². The maximum atomic E-state index is 12.5. The molecule has 0 heterocycles. The number of rotatable bonds is 6. The summed E-state index contributed by atoms with van der Waals surface area (Å²) >= 11 is 0. The number of sulfonamides is 1. The molecule has 0 saturated heterocycles. The Morgan fingerprint density at radius 2 is 1.73 bits per heavy atom. The number of hydrogen-bond acceptors (Lipinski definition) is 6. The maximum absolute atomic E-state index is 12.5. The van der Waals surface area contributed by atoms with Gasteiger partial charge in [-0.25, -0.2) is 8.42 Å². The number of phenols is 1. The molecule has 3 aromatic rings. The third-order valence-electron chi connectivity index (χ3n) is 4.14. The number of carbonyl (C=O) groups is 1. The van der Waals surface area contributed by atoms with E-state index in [9.17, 15) is 28.4 Å². The van der Waals surface area contributed by atoms with Crippen LogP contribution in [0.25, 0.3) is 0 Å². The summed E-state index contributed by atoms with van der Waals surface area (Å²) in [5.74, 6) is -0.549. The highest BCUT2D eigenvalue weighted by molar-refractivity contribution is 7.92. The second-order valence-electron chi connectivity index (χ2n) is 6.41. The lowest BCUT2D eigenvalue weighted by Gasteiger charge is -2.10. The van der Waals surface area contributed by atoms with Crippen molar-refractivity contribution < 1.29 is 23.2 Å². The Bertz CT molecular complexity index is 1220. The first-order chi connectivity index (χ1) is 14.2. The van der Waals surface area contributed by atoms with E-state index >= 15 is 0 Å². The lowest BCUT2D eigenvalue weighted by Crippen LogP contribution is -2.14. The lowest BCUT2D eigenvalue weighted by atomic mass is 10.1. The van der Waals surface area contributed by atoms with E-state index in [1.54, 1.807) is 19.1 Å². The zero-order valence-electron chi connectivity index (χ0n) is 15.7. The van der Waals surface area contributed by atoms with Gasteiger partial charge in [0.1, 0.15) is 5.75 Å². The van der Waals surface area contributed by atoms with Gasteiger partial charge in [0.05, 0.1) is 15.5 Å². The predicted octanol–water partition coefficient (Wildman–Crippen LogP) is 3.66. The van der Waals surface area contributed by atoms with Gasteiger partial charge in [-0.05, 0) is 55.0 Å². The molecular weight excluding hydrogens is 410 g/mol. The van der Waals surface area contributed by atoms with Gasteiger partial charge in [-0.15, -0.1) is 0 Å². The molecule has 0 radical (unpaired) electrons. The van der Waals surface area contributed by atoms with Crippen LogP contribution in [0, 0.1) is 17.0 Å². The molecule has 3 N–H and O–H groups in total. The van der Waals surface area contributed by atoms with Gasteiger partial charge in [0, 0.05) is 23.4 Å². The van der Waals surface area contributed by atoms with Crippen LogP contribution in [0.3, 0.4) is 0 Å². The van der Waals surface area contributed by atoms with Crippen LogP contribution in [0.1, 0.15) is 15.9 Å². The van der Waals surface area contributed by atoms with Crippen LogP contribution in [-0.2, 0) is 10.0 Å². The van der Waals surface area contributed by atoms with Gasteiger partial charge >= 0.3 is 0 Å². The van der Waals surface area contributed by atoms with Crippen LogP contribution in [0.2, 0.25) is 0 Å². The van der Waals surface area contributed by atoms with Crippen LogP contribution >= 0.6 is 0 Å². The molecule has 0 fully saturated rings. The van der Waals surface area contributed by atoms with E-state index in [0.29, 0.717) is 0 Å². The number of nitrogens with zero attached hydrogens (tertiary/aromatic N) is 1. The molecule has 0 bridgehead atoms. The molecule has 0 aromatic heterocycles. The van der Waals surface area contributed by atoms with Gasteiger partial charge in [-0.2, -0.15) is 0 Å². The van der Waals surface area contributed by atoms with Crippen LogP contribution in [0.5, 0.6) is 5.75 Å². The SMILES string of the molecule is Cc1ccc(NC(=O)c2ccc(NS(=O)(=O)c3cccc([N+](=O)[O-])c3)cc2)c(O)c1. The number of nitro groups is 1. The normalized spacial score (nSPS) is 11.0. The fourth-order valence-electron chi connectivity index (χ4n) is 2.61. The molecule has 30 heavy (non-hydrogen) atoms. The van der Waals surface area contributed by atoms with Crippen LogP contribution in [0.4, 0.5) is 17.1 Å². The number of aromatic hydroxyl groups is 1. The topological polar surface area (TPSA) is 139 Å². The summed E-state index contributed by atoms with van der Waals surface area (Å²) < 4.78 is 27.2. The number of phenolic OH excluding ortho intramolecular Hbond substituents is 1. The highest BCUT2D eigenvalue weighted by Crippen LogP contribution is 2.25. The Morgan fingerprint density at radius 1 is 1.03 bits per heavy atom. The van der Waals surface area contributed by atoms with Gasteiger partial charge in [0.2, 0.25) is 0 Å². The summed E-state index contributed by atoms with van der Waals surface area (Å²) in [6.07, 6.45) is 0. The van der Waals surface area contributed by atoms with Crippen molar-refractivity contribution in [2.75, 3.05) is 10.0 Å². The zero-order valence-corrected chi connectivity index (χ0v) is 16.5.